The number of hydrogen-bond acceptors (Lipinski definition) is 3. The Labute approximate surface area is 99.2 Å². The van der Waals surface area contributed by atoms with Crippen molar-refractivity contribution in [2.75, 3.05) is 18.0 Å². The third-order valence-corrected chi connectivity index (χ3v) is 3.49. The fourth-order valence-electron chi connectivity index (χ4n) is 2.66. The van der Waals surface area contributed by atoms with E-state index < -0.39 is 0 Å². The number of aldehydes is 1. The van der Waals surface area contributed by atoms with Crippen LogP contribution in [-0.4, -0.2) is 31.6 Å². The van der Waals surface area contributed by atoms with E-state index in [2.05, 4.69) is 0 Å². The van der Waals surface area contributed by atoms with Gasteiger partial charge in [0, 0.05) is 18.7 Å². The summed E-state index contributed by atoms with van der Waals surface area (Å²) < 4.78 is 19.6. The highest BCUT2D eigenvalue weighted by Gasteiger charge is 2.34. The summed E-state index contributed by atoms with van der Waals surface area (Å²) in [5, 5.41) is 0. The van der Waals surface area contributed by atoms with Crippen LogP contribution in [0.2, 0.25) is 0 Å². The Bertz CT molecular complexity index is 437. The van der Waals surface area contributed by atoms with E-state index in [1.165, 1.54) is 6.07 Å². The first-order chi connectivity index (χ1) is 8.26. The van der Waals surface area contributed by atoms with Crippen LogP contribution in [0.3, 0.4) is 0 Å². The number of halogens is 1. The first-order valence-electron chi connectivity index (χ1n) is 5.91. The van der Waals surface area contributed by atoms with Gasteiger partial charge in [0.2, 0.25) is 0 Å². The Hall–Kier alpha value is -1.42. The second kappa shape index (κ2) is 4.11. The number of benzene rings is 1. The Morgan fingerprint density at radius 1 is 1.29 bits per heavy atom. The van der Waals surface area contributed by atoms with Crippen molar-refractivity contribution in [3.05, 3.63) is 29.6 Å². The van der Waals surface area contributed by atoms with Crippen molar-refractivity contribution in [3.8, 4) is 0 Å². The van der Waals surface area contributed by atoms with Crippen molar-refractivity contribution in [2.45, 2.75) is 25.0 Å². The molecular formula is C13H14FNO2. The second-order valence-electron chi connectivity index (χ2n) is 4.69. The lowest BCUT2D eigenvalue weighted by Crippen LogP contribution is -2.43. The van der Waals surface area contributed by atoms with E-state index in [0.717, 1.165) is 25.9 Å². The van der Waals surface area contributed by atoms with Crippen LogP contribution in [-0.2, 0) is 4.74 Å². The maximum Gasteiger partial charge on any atom is 0.150 e. The molecule has 1 aromatic rings. The highest BCUT2D eigenvalue weighted by molar-refractivity contribution is 5.76. The van der Waals surface area contributed by atoms with Crippen LogP contribution in [0.15, 0.2) is 18.2 Å². The van der Waals surface area contributed by atoms with Gasteiger partial charge >= 0.3 is 0 Å². The Balaban J connectivity index is 1.86. The highest BCUT2D eigenvalue weighted by atomic mass is 19.1. The van der Waals surface area contributed by atoms with Gasteiger partial charge < -0.3 is 9.64 Å². The molecule has 3 rings (SSSR count). The Morgan fingerprint density at radius 3 is 2.59 bits per heavy atom. The lowest BCUT2D eigenvalue weighted by atomic mass is 10.2. The molecule has 0 amide bonds. The summed E-state index contributed by atoms with van der Waals surface area (Å²) in [5.74, 6) is -0.323. The number of carbonyl (C=O) groups is 1. The van der Waals surface area contributed by atoms with Crippen molar-refractivity contribution in [3.63, 3.8) is 0 Å². The molecule has 2 atom stereocenters. The molecule has 2 saturated heterocycles. The van der Waals surface area contributed by atoms with Gasteiger partial charge in [0.15, 0.2) is 0 Å². The van der Waals surface area contributed by atoms with Crippen LogP contribution in [0.4, 0.5) is 10.1 Å². The van der Waals surface area contributed by atoms with Gasteiger partial charge in [-0.2, -0.15) is 0 Å². The Kier molecular flexibility index (Phi) is 2.59. The van der Waals surface area contributed by atoms with E-state index in [1.54, 1.807) is 12.1 Å². The number of rotatable bonds is 2. The van der Waals surface area contributed by atoms with Gasteiger partial charge in [-0.25, -0.2) is 4.39 Å². The summed E-state index contributed by atoms with van der Waals surface area (Å²) >= 11 is 0. The van der Waals surface area contributed by atoms with Crippen molar-refractivity contribution in [1.29, 1.82) is 0 Å². The van der Waals surface area contributed by atoms with Crippen molar-refractivity contribution < 1.29 is 13.9 Å². The first kappa shape index (κ1) is 10.7. The molecule has 2 unspecified atom stereocenters. The third kappa shape index (κ3) is 1.93. The van der Waals surface area contributed by atoms with Gasteiger partial charge in [-0.3, -0.25) is 4.79 Å². The zero-order chi connectivity index (χ0) is 11.8. The molecule has 17 heavy (non-hydrogen) atoms. The van der Waals surface area contributed by atoms with E-state index in [1.807, 2.05) is 4.90 Å². The standard InChI is InChI=1S/C13H14FNO2/c14-12-5-9(8-16)1-4-13(12)15-6-10-2-3-11(7-15)17-10/h1,4-5,8,10-11H,2-3,6-7H2. The summed E-state index contributed by atoms with van der Waals surface area (Å²) in [6.07, 6.45) is 3.26. The van der Waals surface area contributed by atoms with E-state index in [4.69, 9.17) is 4.74 Å². The molecule has 1 aromatic carbocycles. The molecule has 0 radical (unpaired) electrons. The monoisotopic (exact) mass is 235 g/mol. The smallest absolute Gasteiger partial charge is 0.150 e. The molecule has 2 aliphatic heterocycles. The number of carbonyl (C=O) groups excluding carboxylic acids is 1. The van der Waals surface area contributed by atoms with Gasteiger partial charge in [-0.05, 0) is 31.0 Å². The predicted molar refractivity (Wildman–Crippen MR) is 61.9 cm³/mol. The number of morpholine rings is 1. The van der Waals surface area contributed by atoms with E-state index in [-0.39, 0.29) is 18.0 Å². The molecule has 0 spiro atoms. The topological polar surface area (TPSA) is 29.5 Å². The van der Waals surface area contributed by atoms with Crippen molar-refractivity contribution >= 4 is 12.0 Å². The molecule has 0 saturated carbocycles. The maximum absolute atomic E-state index is 13.9. The molecule has 2 fully saturated rings. The van der Waals surface area contributed by atoms with E-state index in [0.29, 0.717) is 17.5 Å². The van der Waals surface area contributed by atoms with Crippen LogP contribution in [0.1, 0.15) is 23.2 Å². The summed E-state index contributed by atoms with van der Waals surface area (Å²) in [4.78, 5) is 12.6. The average Bonchev–Trinajstić information content (AvgIpc) is 2.68. The molecular weight excluding hydrogens is 221 g/mol. The number of nitrogens with zero attached hydrogens (tertiary/aromatic N) is 1. The normalized spacial score (nSPS) is 27.2. The minimum Gasteiger partial charge on any atom is -0.371 e. The molecule has 90 valence electrons. The zero-order valence-corrected chi connectivity index (χ0v) is 9.43. The second-order valence-corrected chi connectivity index (χ2v) is 4.69. The molecule has 2 aliphatic rings. The number of ether oxygens (including phenoxy) is 1. The number of anilines is 1. The van der Waals surface area contributed by atoms with Crippen LogP contribution in [0, 0.1) is 5.82 Å². The third-order valence-electron chi connectivity index (χ3n) is 3.49. The molecule has 0 aliphatic carbocycles. The molecule has 0 aromatic heterocycles. The summed E-state index contributed by atoms with van der Waals surface area (Å²) in [6.45, 7) is 1.49. The molecule has 0 N–H and O–H groups in total. The molecule has 3 nitrogen and oxygen atoms in total. The fraction of sp³-hybridized carbons (Fsp3) is 0.462. The minimum atomic E-state index is -0.323. The predicted octanol–water partition coefficient (Wildman–Crippen LogP) is 2.01. The first-order valence-corrected chi connectivity index (χ1v) is 5.91. The molecule has 2 bridgehead atoms. The number of fused-ring (bicyclic) bond motifs is 2. The van der Waals surface area contributed by atoms with Crippen molar-refractivity contribution in [1.82, 2.24) is 0 Å². The summed E-state index contributed by atoms with van der Waals surface area (Å²) in [6, 6.07) is 4.63. The van der Waals surface area contributed by atoms with Gasteiger partial charge in [0.05, 0.1) is 17.9 Å². The largest absolute Gasteiger partial charge is 0.371 e. The summed E-state index contributed by atoms with van der Waals surface area (Å²) in [7, 11) is 0. The average molecular weight is 235 g/mol. The van der Waals surface area contributed by atoms with E-state index in [9.17, 15) is 9.18 Å². The maximum atomic E-state index is 13.9. The molecule has 2 heterocycles. The summed E-state index contributed by atoms with van der Waals surface area (Å²) in [5.41, 5.74) is 0.957. The zero-order valence-electron chi connectivity index (χ0n) is 9.43. The lowest BCUT2D eigenvalue weighted by molar-refractivity contribution is 0.0303. The Morgan fingerprint density at radius 2 is 2.00 bits per heavy atom. The lowest BCUT2D eigenvalue weighted by Gasteiger charge is -2.34. The van der Waals surface area contributed by atoms with E-state index >= 15 is 0 Å². The van der Waals surface area contributed by atoms with Gasteiger partial charge in [0.1, 0.15) is 12.1 Å². The van der Waals surface area contributed by atoms with Crippen molar-refractivity contribution in [2.24, 2.45) is 0 Å². The van der Waals surface area contributed by atoms with Crippen LogP contribution in [0.5, 0.6) is 0 Å². The van der Waals surface area contributed by atoms with Crippen LogP contribution >= 0.6 is 0 Å². The minimum absolute atomic E-state index is 0.235. The van der Waals surface area contributed by atoms with Gasteiger partial charge in [0.25, 0.3) is 0 Å². The highest BCUT2D eigenvalue weighted by Crippen LogP contribution is 2.30. The van der Waals surface area contributed by atoms with Crippen LogP contribution in [0.25, 0.3) is 0 Å². The number of hydrogen-bond donors (Lipinski definition) is 0. The van der Waals surface area contributed by atoms with Gasteiger partial charge in [-0.1, -0.05) is 0 Å². The molecule has 4 heteroatoms. The fourth-order valence-corrected chi connectivity index (χ4v) is 2.66. The van der Waals surface area contributed by atoms with Crippen LogP contribution < -0.4 is 4.90 Å². The van der Waals surface area contributed by atoms with Gasteiger partial charge in [-0.15, -0.1) is 0 Å². The SMILES string of the molecule is O=Cc1ccc(N2CC3CCC(C2)O3)c(F)c1. The quantitative estimate of drug-likeness (QED) is 0.734.